The van der Waals surface area contributed by atoms with E-state index in [1.165, 1.54) is 38.1 Å². The lowest BCUT2D eigenvalue weighted by molar-refractivity contribution is -0.159. The summed E-state index contributed by atoms with van der Waals surface area (Å²) < 4.78 is 23.4. The van der Waals surface area contributed by atoms with E-state index in [9.17, 15) is 18.8 Å². The molecule has 1 aromatic heterocycles. The van der Waals surface area contributed by atoms with Crippen LogP contribution in [-0.2, 0) is 14.3 Å². The maximum atomic E-state index is 12.9. The number of fused-ring (bicyclic) bond motifs is 1. The molecule has 2 atom stereocenters. The Kier molecular flexibility index (Phi) is 5.44. The quantitative estimate of drug-likeness (QED) is 0.562. The summed E-state index contributed by atoms with van der Waals surface area (Å²) in [7, 11) is 0. The number of halogens is 1. The maximum Gasteiger partial charge on any atom is 0.347 e. The first-order chi connectivity index (χ1) is 13.3. The van der Waals surface area contributed by atoms with Crippen LogP contribution in [0.1, 0.15) is 13.8 Å². The van der Waals surface area contributed by atoms with Crippen LogP contribution in [0, 0.1) is 5.82 Å². The molecule has 0 spiro atoms. The number of hydrogen-bond acceptors (Lipinski definition) is 5. The van der Waals surface area contributed by atoms with Crippen molar-refractivity contribution in [2.24, 2.45) is 0 Å². The third-order valence-corrected chi connectivity index (χ3v) is 3.90. The number of imidazole rings is 1. The zero-order chi connectivity index (χ0) is 20.3. The first-order valence-corrected chi connectivity index (χ1v) is 8.47. The Labute approximate surface area is 158 Å². The molecule has 0 bridgehead atoms. The van der Waals surface area contributed by atoms with Crippen molar-refractivity contribution in [1.82, 2.24) is 9.97 Å². The molecule has 0 aliphatic heterocycles. The van der Waals surface area contributed by atoms with E-state index < -0.39 is 29.9 Å². The molecule has 0 aliphatic carbocycles. The number of carbonyl (C=O) groups excluding carboxylic acids is 2. The highest BCUT2D eigenvalue weighted by Gasteiger charge is 2.23. The minimum atomic E-state index is -1.08. The van der Waals surface area contributed by atoms with Gasteiger partial charge in [-0.15, -0.1) is 0 Å². The van der Waals surface area contributed by atoms with Gasteiger partial charge in [0.05, 0.1) is 11.0 Å². The first kappa shape index (κ1) is 19.2. The van der Waals surface area contributed by atoms with Gasteiger partial charge >= 0.3 is 11.7 Å². The second-order valence-electron chi connectivity index (χ2n) is 6.12. The number of esters is 1. The molecule has 0 radical (unpaired) electrons. The standard InChI is InChI=1S/C19H18FN3O5/c1-10(28-18(25)11(2)27-14-6-3-12(20)4-7-14)17(24)21-13-5-8-15-16(9-13)23-19(26)22-15/h3-11H,1-2H3,(H,21,24)(H2,22,23,26)/t10-,11+/m1/s1. The highest BCUT2D eigenvalue weighted by Crippen LogP contribution is 2.16. The Bertz CT molecular complexity index is 1060. The van der Waals surface area contributed by atoms with Crippen LogP contribution in [0.3, 0.4) is 0 Å². The summed E-state index contributed by atoms with van der Waals surface area (Å²) in [6.07, 6.45) is -2.06. The highest BCUT2D eigenvalue weighted by molar-refractivity contribution is 5.96. The lowest BCUT2D eigenvalue weighted by atomic mass is 10.2. The third-order valence-electron chi connectivity index (χ3n) is 3.90. The number of rotatable bonds is 6. The summed E-state index contributed by atoms with van der Waals surface area (Å²) >= 11 is 0. The van der Waals surface area contributed by atoms with E-state index in [0.29, 0.717) is 22.5 Å². The average molecular weight is 387 g/mol. The van der Waals surface area contributed by atoms with Crippen LogP contribution in [0.25, 0.3) is 11.0 Å². The van der Waals surface area contributed by atoms with Gasteiger partial charge in [0.15, 0.2) is 12.2 Å². The molecule has 0 saturated heterocycles. The Balaban J connectivity index is 1.56. The van der Waals surface area contributed by atoms with Gasteiger partial charge < -0.3 is 24.8 Å². The number of ether oxygens (including phenoxy) is 2. The fraction of sp³-hybridized carbons (Fsp3) is 0.211. The van der Waals surface area contributed by atoms with E-state index in [-0.39, 0.29) is 5.69 Å². The SMILES string of the molecule is C[C@H](Oc1ccc(F)cc1)C(=O)O[C@H](C)C(=O)Nc1ccc2[nH]c(=O)[nH]c2c1. The number of carbonyl (C=O) groups is 2. The van der Waals surface area contributed by atoms with Gasteiger partial charge in [0, 0.05) is 5.69 Å². The Morgan fingerprint density at radius 2 is 1.68 bits per heavy atom. The van der Waals surface area contributed by atoms with Crippen molar-refractivity contribution in [2.45, 2.75) is 26.1 Å². The molecular formula is C19H18FN3O5. The van der Waals surface area contributed by atoms with Crippen LogP contribution in [0.2, 0.25) is 0 Å². The number of amides is 1. The summed E-state index contributed by atoms with van der Waals surface area (Å²) in [6.45, 7) is 2.89. The molecule has 2 aromatic carbocycles. The second-order valence-corrected chi connectivity index (χ2v) is 6.12. The topological polar surface area (TPSA) is 113 Å². The van der Waals surface area contributed by atoms with Gasteiger partial charge in [-0.2, -0.15) is 0 Å². The lowest BCUT2D eigenvalue weighted by Crippen LogP contribution is -2.35. The molecule has 0 fully saturated rings. The van der Waals surface area contributed by atoms with Gasteiger partial charge in [0.2, 0.25) is 0 Å². The fourth-order valence-corrected chi connectivity index (χ4v) is 2.44. The fourth-order valence-electron chi connectivity index (χ4n) is 2.44. The molecule has 1 amide bonds. The van der Waals surface area contributed by atoms with Gasteiger partial charge in [0.25, 0.3) is 5.91 Å². The Morgan fingerprint density at radius 1 is 1.00 bits per heavy atom. The van der Waals surface area contributed by atoms with Gasteiger partial charge in [-0.05, 0) is 56.3 Å². The minimum absolute atomic E-state index is 0.303. The number of nitrogens with one attached hydrogen (secondary N) is 3. The Hall–Kier alpha value is -3.62. The second kappa shape index (κ2) is 7.95. The lowest BCUT2D eigenvalue weighted by Gasteiger charge is -2.17. The van der Waals surface area contributed by atoms with E-state index in [2.05, 4.69) is 15.3 Å². The van der Waals surface area contributed by atoms with Crippen molar-refractivity contribution in [1.29, 1.82) is 0 Å². The number of anilines is 1. The van der Waals surface area contributed by atoms with Gasteiger partial charge in [-0.25, -0.2) is 14.0 Å². The number of aromatic nitrogens is 2. The van der Waals surface area contributed by atoms with Crippen LogP contribution in [0.15, 0.2) is 47.3 Å². The van der Waals surface area contributed by atoms with Crippen molar-refractivity contribution in [3.05, 3.63) is 58.8 Å². The molecule has 146 valence electrons. The zero-order valence-electron chi connectivity index (χ0n) is 15.1. The third kappa shape index (κ3) is 4.56. The molecule has 3 rings (SSSR count). The van der Waals surface area contributed by atoms with E-state index in [1.54, 1.807) is 18.2 Å². The number of hydrogen-bond donors (Lipinski definition) is 3. The molecule has 9 heteroatoms. The summed E-state index contributed by atoms with van der Waals surface area (Å²) in [6, 6.07) is 10.0. The number of benzene rings is 2. The van der Waals surface area contributed by atoms with Crippen LogP contribution in [0.5, 0.6) is 5.75 Å². The van der Waals surface area contributed by atoms with E-state index in [1.807, 2.05) is 0 Å². The summed E-state index contributed by atoms with van der Waals surface area (Å²) in [5.74, 6) is -1.40. The molecular weight excluding hydrogens is 369 g/mol. The molecule has 0 unspecified atom stereocenters. The summed E-state index contributed by atoms with van der Waals surface area (Å²) in [5, 5.41) is 2.61. The van der Waals surface area contributed by atoms with Crippen molar-refractivity contribution in [3.63, 3.8) is 0 Å². The van der Waals surface area contributed by atoms with Gasteiger partial charge in [0.1, 0.15) is 11.6 Å². The van der Waals surface area contributed by atoms with Crippen LogP contribution in [0.4, 0.5) is 10.1 Å². The molecule has 3 N–H and O–H groups in total. The molecule has 28 heavy (non-hydrogen) atoms. The van der Waals surface area contributed by atoms with Crippen LogP contribution in [-0.4, -0.2) is 34.1 Å². The predicted molar refractivity (Wildman–Crippen MR) is 99.6 cm³/mol. The Morgan fingerprint density at radius 3 is 2.39 bits per heavy atom. The zero-order valence-corrected chi connectivity index (χ0v) is 15.1. The monoisotopic (exact) mass is 387 g/mol. The largest absolute Gasteiger partial charge is 0.479 e. The molecule has 0 saturated carbocycles. The minimum Gasteiger partial charge on any atom is -0.479 e. The number of H-pyrrole nitrogens is 2. The van der Waals surface area contributed by atoms with Crippen molar-refractivity contribution in [3.8, 4) is 5.75 Å². The maximum absolute atomic E-state index is 12.9. The number of aromatic amines is 2. The van der Waals surface area contributed by atoms with Gasteiger partial charge in [-0.1, -0.05) is 0 Å². The van der Waals surface area contributed by atoms with Crippen LogP contribution >= 0.6 is 0 Å². The van der Waals surface area contributed by atoms with Crippen molar-refractivity contribution >= 4 is 28.6 Å². The molecule has 8 nitrogen and oxygen atoms in total. The van der Waals surface area contributed by atoms with E-state index >= 15 is 0 Å². The smallest absolute Gasteiger partial charge is 0.347 e. The van der Waals surface area contributed by atoms with E-state index in [4.69, 9.17) is 9.47 Å². The highest BCUT2D eigenvalue weighted by atomic mass is 19.1. The molecule has 1 heterocycles. The average Bonchev–Trinajstić information content (AvgIpc) is 3.02. The van der Waals surface area contributed by atoms with Crippen molar-refractivity contribution < 1.29 is 23.5 Å². The predicted octanol–water partition coefficient (Wildman–Crippen LogP) is 2.33. The normalized spacial score (nSPS) is 13.0. The van der Waals surface area contributed by atoms with E-state index in [0.717, 1.165) is 0 Å². The summed E-state index contributed by atoms with van der Waals surface area (Å²) in [4.78, 5) is 40.8. The molecule has 3 aromatic rings. The molecule has 0 aliphatic rings. The van der Waals surface area contributed by atoms with Crippen LogP contribution < -0.4 is 15.7 Å². The first-order valence-electron chi connectivity index (χ1n) is 8.47. The van der Waals surface area contributed by atoms with Gasteiger partial charge in [-0.3, -0.25) is 4.79 Å². The summed E-state index contributed by atoms with van der Waals surface area (Å²) in [5.41, 5.74) is 1.23. The van der Waals surface area contributed by atoms with Crippen molar-refractivity contribution in [2.75, 3.05) is 5.32 Å².